The third-order valence-electron chi connectivity index (χ3n) is 2.96. The van der Waals surface area contributed by atoms with Crippen molar-refractivity contribution >= 4 is 10.1 Å². The van der Waals surface area contributed by atoms with Crippen molar-refractivity contribution in [1.29, 1.82) is 0 Å². The van der Waals surface area contributed by atoms with Crippen molar-refractivity contribution in [3.8, 4) is 0 Å². The van der Waals surface area contributed by atoms with E-state index in [0.29, 0.717) is 6.61 Å². The fourth-order valence-corrected chi connectivity index (χ4v) is 2.49. The third kappa shape index (κ3) is 5.66. The zero-order valence-corrected chi connectivity index (χ0v) is 11.0. The summed E-state index contributed by atoms with van der Waals surface area (Å²) in [6.07, 6.45) is 12.0. The van der Waals surface area contributed by atoms with Gasteiger partial charge >= 0.3 is 0 Å². The van der Waals surface area contributed by atoms with Crippen LogP contribution in [0.3, 0.4) is 0 Å². The lowest BCUT2D eigenvalue weighted by molar-refractivity contribution is 0.314. The summed E-state index contributed by atoms with van der Waals surface area (Å²) in [5, 5.41) is 0. The van der Waals surface area contributed by atoms with Crippen LogP contribution in [0.25, 0.3) is 0 Å². The number of fused-ring (bicyclic) bond motifs is 2. The zero-order chi connectivity index (χ0) is 12.0. The molecule has 0 aromatic heterocycles. The Bertz CT molecular complexity index is 307. The third-order valence-corrected chi connectivity index (χ3v) is 3.56. The van der Waals surface area contributed by atoms with Crippen molar-refractivity contribution in [3.05, 3.63) is 12.2 Å². The number of allylic oxidation sites excluding steroid dienone is 2. The van der Waals surface area contributed by atoms with E-state index in [9.17, 15) is 8.42 Å². The van der Waals surface area contributed by atoms with Crippen LogP contribution >= 0.6 is 0 Å². The summed E-state index contributed by atoms with van der Waals surface area (Å²) in [6, 6.07) is 0. The van der Waals surface area contributed by atoms with Crippen molar-refractivity contribution in [2.75, 3.05) is 12.9 Å². The Labute approximate surface area is 99.0 Å². The molecule has 0 spiro atoms. The molecule has 0 aromatic carbocycles. The van der Waals surface area contributed by atoms with Gasteiger partial charge in [-0.3, -0.25) is 4.18 Å². The van der Waals surface area contributed by atoms with E-state index in [1.54, 1.807) is 0 Å². The number of rotatable bonds is 4. The van der Waals surface area contributed by atoms with Crippen LogP contribution < -0.4 is 0 Å². The van der Waals surface area contributed by atoms with E-state index >= 15 is 0 Å². The lowest BCUT2D eigenvalue weighted by atomic mass is 10.1. The molecule has 16 heavy (non-hydrogen) atoms. The molecule has 1 saturated carbocycles. The second-order valence-corrected chi connectivity index (χ2v) is 6.24. The molecule has 0 aliphatic heterocycles. The summed E-state index contributed by atoms with van der Waals surface area (Å²) >= 11 is 0. The molecule has 0 N–H and O–H groups in total. The molecule has 2 aliphatic carbocycles. The van der Waals surface area contributed by atoms with Gasteiger partial charge in [-0.1, -0.05) is 25.5 Å². The monoisotopic (exact) mass is 246 g/mol. The normalized spacial score (nSPS) is 26.6. The average molecular weight is 246 g/mol. The van der Waals surface area contributed by atoms with Gasteiger partial charge in [-0.25, -0.2) is 0 Å². The van der Waals surface area contributed by atoms with Crippen LogP contribution in [-0.2, 0) is 14.3 Å². The zero-order valence-electron chi connectivity index (χ0n) is 10.2. The molecular formula is C12H22O3S. The molecule has 2 aliphatic rings. The first kappa shape index (κ1) is 13.7. The van der Waals surface area contributed by atoms with Crippen LogP contribution in [0.1, 0.15) is 39.0 Å². The van der Waals surface area contributed by atoms with Gasteiger partial charge in [-0.05, 0) is 37.5 Å². The average Bonchev–Trinajstić information content (AvgIpc) is 2.80. The fourth-order valence-electron chi connectivity index (χ4n) is 2.07. The van der Waals surface area contributed by atoms with Gasteiger partial charge in [-0.2, -0.15) is 8.42 Å². The maximum absolute atomic E-state index is 10.3. The molecule has 2 rings (SSSR count). The molecule has 0 amide bonds. The Morgan fingerprint density at radius 3 is 2.06 bits per heavy atom. The minimum Gasteiger partial charge on any atom is -0.270 e. The van der Waals surface area contributed by atoms with E-state index in [1.165, 1.54) is 19.3 Å². The fraction of sp³-hybridized carbons (Fsp3) is 0.833. The molecule has 0 radical (unpaired) electrons. The smallest absolute Gasteiger partial charge is 0.264 e. The van der Waals surface area contributed by atoms with Gasteiger partial charge in [0.05, 0.1) is 12.9 Å². The SMILES string of the molecule is C1=CC2CCC1C2.CCCCOS(C)(=O)=O. The second-order valence-electron chi connectivity index (χ2n) is 4.60. The quantitative estimate of drug-likeness (QED) is 0.435. The lowest BCUT2D eigenvalue weighted by Crippen LogP contribution is -2.03. The van der Waals surface area contributed by atoms with Crippen molar-refractivity contribution in [2.45, 2.75) is 39.0 Å². The first-order valence-corrected chi connectivity index (χ1v) is 7.85. The van der Waals surface area contributed by atoms with Crippen LogP contribution in [-0.4, -0.2) is 21.3 Å². The molecule has 2 unspecified atom stereocenters. The summed E-state index contributed by atoms with van der Waals surface area (Å²) in [4.78, 5) is 0. The molecule has 94 valence electrons. The molecule has 1 fully saturated rings. The van der Waals surface area contributed by atoms with Crippen LogP contribution in [0.5, 0.6) is 0 Å². The summed E-state index contributed by atoms with van der Waals surface area (Å²) in [5.74, 6) is 1.98. The minimum atomic E-state index is -3.20. The lowest BCUT2D eigenvalue weighted by Gasteiger charge is -1.96. The van der Waals surface area contributed by atoms with E-state index in [0.717, 1.165) is 30.9 Å². The van der Waals surface area contributed by atoms with E-state index in [2.05, 4.69) is 16.3 Å². The van der Waals surface area contributed by atoms with E-state index in [-0.39, 0.29) is 0 Å². The second kappa shape index (κ2) is 6.40. The molecule has 0 aromatic rings. The van der Waals surface area contributed by atoms with Gasteiger partial charge in [0.15, 0.2) is 0 Å². The number of hydrogen-bond donors (Lipinski definition) is 0. The first-order chi connectivity index (χ1) is 7.51. The van der Waals surface area contributed by atoms with E-state index in [4.69, 9.17) is 0 Å². The van der Waals surface area contributed by atoms with Gasteiger partial charge in [0.25, 0.3) is 10.1 Å². The molecule has 0 saturated heterocycles. The summed E-state index contributed by atoms with van der Waals surface area (Å²) in [6.45, 7) is 2.29. The molecule has 0 heterocycles. The van der Waals surface area contributed by atoms with Crippen molar-refractivity contribution in [1.82, 2.24) is 0 Å². The van der Waals surface area contributed by atoms with Gasteiger partial charge in [-0.15, -0.1) is 0 Å². The Morgan fingerprint density at radius 1 is 1.25 bits per heavy atom. The highest BCUT2D eigenvalue weighted by Crippen LogP contribution is 2.38. The number of unbranched alkanes of at least 4 members (excludes halogenated alkanes) is 1. The topological polar surface area (TPSA) is 43.4 Å². The van der Waals surface area contributed by atoms with Gasteiger partial charge < -0.3 is 0 Å². The van der Waals surface area contributed by atoms with Gasteiger partial charge in [0, 0.05) is 0 Å². The maximum Gasteiger partial charge on any atom is 0.264 e. The van der Waals surface area contributed by atoms with Crippen LogP contribution in [0.2, 0.25) is 0 Å². The van der Waals surface area contributed by atoms with Crippen molar-refractivity contribution < 1.29 is 12.6 Å². The molecule has 2 atom stereocenters. The Balaban J connectivity index is 0.000000163. The predicted molar refractivity (Wildman–Crippen MR) is 65.7 cm³/mol. The Morgan fingerprint density at radius 2 is 1.81 bits per heavy atom. The van der Waals surface area contributed by atoms with Gasteiger partial charge in [0.1, 0.15) is 0 Å². The highest BCUT2D eigenvalue weighted by molar-refractivity contribution is 7.85. The minimum absolute atomic E-state index is 0.315. The molecule has 4 heteroatoms. The van der Waals surface area contributed by atoms with Crippen LogP contribution in [0.15, 0.2) is 12.2 Å². The summed E-state index contributed by atoms with van der Waals surface area (Å²) in [7, 11) is -3.20. The number of hydrogen-bond acceptors (Lipinski definition) is 3. The Hall–Kier alpha value is -0.350. The highest BCUT2D eigenvalue weighted by atomic mass is 32.2. The Kier molecular flexibility index (Phi) is 5.49. The van der Waals surface area contributed by atoms with Crippen molar-refractivity contribution in [2.24, 2.45) is 11.8 Å². The van der Waals surface area contributed by atoms with Gasteiger partial charge in [0.2, 0.25) is 0 Å². The molecular weight excluding hydrogens is 224 g/mol. The predicted octanol–water partition coefficient (Wildman–Crippen LogP) is 2.74. The van der Waals surface area contributed by atoms with Crippen molar-refractivity contribution in [3.63, 3.8) is 0 Å². The molecule has 3 nitrogen and oxygen atoms in total. The highest BCUT2D eigenvalue weighted by Gasteiger charge is 2.25. The largest absolute Gasteiger partial charge is 0.270 e. The van der Waals surface area contributed by atoms with Crippen LogP contribution in [0.4, 0.5) is 0 Å². The summed E-state index contributed by atoms with van der Waals surface area (Å²) < 4.78 is 25.0. The van der Waals surface area contributed by atoms with E-state index in [1.807, 2.05) is 6.92 Å². The first-order valence-electron chi connectivity index (χ1n) is 6.04. The van der Waals surface area contributed by atoms with E-state index < -0.39 is 10.1 Å². The standard InChI is InChI=1S/C7H10.C5H12O3S/c1-2-7-4-3-6(1)5-7;1-3-4-5-8-9(2,6)7/h1-2,6-7H,3-5H2;3-5H2,1-2H3. The molecule has 2 bridgehead atoms. The maximum atomic E-state index is 10.3. The summed E-state index contributed by atoms with van der Waals surface area (Å²) in [5.41, 5.74) is 0. The van der Waals surface area contributed by atoms with Crippen LogP contribution in [0, 0.1) is 11.8 Å².